The molecule has 2 aromatic carbocycles. The molecule has 5 nitrogen and oxygen atoms in total. The molecule has 0 radical (unpaired) electrons. The zero-order valence-electron chi connectivity index (χ0n) is 14.3. The minimum atomic E-state index is -0.170. The minimum absolute atomic E-state index is 0.0504. The quantitative estimate of drug-likeness (QED) is 0.772. The van der Waals surface area contributed by atoms with Crippen molar-refractivity contribution in [3.63, 3.8) is 0 Å². The number of nitrogens with one attached hydrogen (secondary N) is 2. The van der Waals surface area contributed by atoms with E-state index in [4.69, 9.17) is 9.47 Å². The number of para-hydroxylation sites is 1. The zero-order chi connectivity index (χ0) is 17.4. The van der Waals surface area contributed by atoms with Crippen LogP contribution in [0.15, 0.2) is 47.4 Å². The second kappa shape index (κ2) is 6.26. The fraction of sp³-hybridized carbons (Fsp3) is 0.250. The summed E-state index contributed by atoms with van der Waals surface area (Å²) in [7, 11) is 3.26. The molecular formula is C20H20N2O3. The molecule has 0 bridgehead atoms. The summed E-state index contributed by atoms with van der Waals surface area (Å²) in [6.45, 7) is 0.805. The molecule has 0 amide bonds. The van der Waals surface area contributed by atoms with Gasteiger partial charge in [0.25, 0.3) is 0 Å². The van der Waals surface area contributed by atoms with Crippen molar-refractivity contribution in [2.75, 3.05) is 20.8 Å². The molecule has 3 aromatic rings. The van der Waals surface area contributed by atoms with E-state index >= 15 is 0 Å². The van der Waals surface area contributed by atoms with E-state index in [1.54, 1.807) is 14.2 Å². The van der Waals surface area contributed by atoms with Crippen LogP contribution in [0.2, 0.25) is 0 Å². The first-order valence-corrected chi connectivity index (χ1v) is 8.31. The van der Waals surface area contributed by atoms with Gasteiger partial charge in [-0.15, -0.1) is 0 Å². The molecule has 2 N–H and O–H groups in total. The maximum absolute atomic E-state index is 13.0. The number of methoxy groups -OCH3 is 2. The summed E-state index contributed by atoms with van der Waals surface area (Å²) in [6.07, 6.45) is 2.70. The average Bonchev–Trinajstić information content (AvgIpc) is 2.67. The van der Waals surface area contributed by atoms with Gasteiger partial charge in [0.2, 0.25) is 0 Å². The largest absolute Gasteiger partial charge is 0.493 e. The van der Waals surface area contributed by atoms with Gasteiger partial charge >= 0.3 is 0 Å². The van der Waals surface area contributed by atoms with Gasteiger partial charge in [-0.25, -0.2) is 0 Å². The number of fused-ring (bicyclic) bond motifs is 2. The van der Waals surface area contributed by atoms with Crippen LogP contribution in [-0.2, 0) is 6.42 Å². The van der Waals surface area contributed by atoms with E-state index in [0.29, 0.717) is 22.4 Å². The van der Waals surface area contributed by atoms with Crippen molar-refractivity contribution in [2.45, 2.75) is 12.5 Å². The SMILES string of the molecule is COc1cc2c(cc1OC)C(c1c[nH]c3ccccc3c1=O)NCC2. The summed E-state index contributed by atoms with van der Waals surface area (Å²) >= 11 is 0. The Morgan fingerprint density at radius 2 is 1.80 bits per heavy atom. The van der Waals surface area contributed by atoms with E-state index in [-0.39, 0.29) is 11.5 Å². The summed E-state index contributed by atoms with van der Waals surface area (Å²) < 4.78 is 10.9. The van der Waals surface area contributed by atoms with Crippen LogP contribution in [0.25, 0.3) is 10.9 Å². The number of hydrogen-bond acceptors (Lipinski definition) is 4. The third-order valence-electron chi connectivity index (χ3n) is 4.83. The Morgan fingerprint density at radius 3 is 2.60 bits per heavy atom. The lowest BCUT2D eigenvalue weighted by Gasteiger charge is -2.28. The van der Waals surface area contributed by atoms with Gasteiger partial charge in [-0.1, -0.05) is 12.1 Å². The summed E-state index contributed by atoms with van der Waals surface area (Å²) in [5.41, 5.74) is 3.85. The first-order chi connectivity index (χ1) is 12.2. The van der Waals surface area contributed by atoms with Gasteiger partial charge in [0.1, 0.15) is 0 Å². The Bertz CT molecular complexity index is 994. The highest BCUT2D eigenvalue weighted by molar-refractivity contribution is 5.78. The van der Waals surface area contributed by atoms with Crippen LogP contribution in [0.3, 0.4) is 0 Å². The highest BCUT2D eigenvalue weighted by Crippen LogP contribution is 2.36. The monoisotopic (exact) mass is 336 g/mol. The van der Waals surface area contributed by atoms with Crippen LogP contribution >= 0.6 is 0 Å². The van der Waals surface area contributed by atoms with Crippen molar-refractivity contribution in [1.29, 1.82) is 0 Å². The number of aromatic nitrogens is 1. The third kappa shape index (κ3) is 2.57. The zero-order valence-corrected chi connectivity index (χ0v) is 14.3. The van der Waals surface area contributed by atoms with E-state index in [9.17, 15) is 4.79 Å². The molecule has 25 heavy (non-hydrogen) atoms. The average molecular weight is 336 g/mol. The maximum atomic E-state index is 13.0. The first-order valence-electron chi connectivity index (χ1n) is 8.31. The Morgan fingerprint density at radius 1 is 1.04 bits per heavy atom. The number of hydrogen-bond donors (Lipinski definition) is 2. The molecule has 0 saturated carbocycles. The van der Waals surface area contributed by atoms with Crippen LogP contribution in [0.1, 0.15) is 22.7 Å². The number of pyridine rings is 1. The molecular weight excluding hydrogens is 316 g/mol. The number of aromatic amines is 1. The van der Waals surface area contributed by atoms with E-state index in [2.05, 4.69) is 10.3 Å². The second-order valence-corrected chi connectivity index (χ2v) is 6.16. The van der Waals surface area contributed by atoms with Gasteiger partial charge in [0, 0.05) is 29.2 Å². The highest BCUT2D eigenvalue weighted by Gasteiger charge is 2.26. The molecule has 1 aromatic heterocycles. The molecule has 1 aliphatic heterocycles. The lowest BCUT2D eigenvalue weighted by Crippen LogP contribution is -2.33. The standard InChI is InChI=1S/C20H20N2O3/c1-24-17-9-12-7-8-21-19(14(12)10-18(17)25-2)15-11-22-16-6-4-3-5-13(16)20(15)23/h3-6,9-11,19,21H,7-8H2,1-2H3,(H,22,23). The molecule has 4 rings (SSSR count). The predicted octanol–water partition coefficient (Wildman–Crippen LogP) is 2.78. The third-order valence-corrected chi connectivity index (χ3v) is 4.83. The summed E-state index contributed by atoms with van der Waals surface area (Å²) in [5.74, 6) is 1.39. The molecule has 0 fully saturated rings. The lowest BCUT2D eigenvalue weighted by molar-refractivity contribution is 0.353. The van der Waals surface area contributed by atoms with Crippen molar-refractivity contribution >= 4 is 10.9 Å². The Hall–Kier alpha value is -2.79. The van der Waals surface area contributed by atoms with Gasteiger partial charge in [-0.05, 0) is 41.8 Å². The summed E-state index contributed by atoms with van der Waals surface area (Å²) in [4.78, 5) is 16.2. The molecule has 0 aliphatic carbocycles. The van der Waals surface area contributed by atoms with Gasteiger partial charge < -0.3 is 19.8 Å². The molecule has 128 valence electrons. The van der Waals surface area contributed by atoms with Crippen LogP contribution in [0.4, 0.5) is 0 Å². The Kier molecular flexibility index (Phi) is 3.93. The van der Waals surface area contributed by atoms with Crippen LogP contribution < -0.4 is 20.2 Å². The second-order valence-electron chi connectivity index (χ2n) is 6.16. The molecule has 0 saturated heterocycles. The normalized spacial score (nSPS) is 16.5. The maximum Gasteiger partial charge on any atom is 0.194 e. The molecule has 0 spiro atoms. The summed E-state index contributed by atoms with van der Waals surface area (Å²) in [6, 6.07) is 11.4. The highest BCUT2D eigenvalue weighted by atomic mass is 16.5. The van der Waals surface area contributed by atoms with Crippen LogP contribution in [-0.4, -0.2) is 25.7 Å². The van der Waals surface area contributed by atoms with E-state index in [0.717, 1.165) is 24.0 Å². The topological polar surface area (TPSA) is 63.4 Å². The van der Waals surface area contributed by atoms with Gasteiger partial charge in [-0.2, -0.15) is 0 Å². The van der Waals surface area contributed by atoms with E-state index in [1.807, 2.05) is 42.6 Å². The van der Waals surface area contributed by atoms with Crippen molar-refractivity contribution < 1.29 is 9.47 Å². The van der Waals surface area contributed by atoms with Crippen molar-refractivity contribution in [1.82, 2.24) is 10.3 Å². The molecule has 1 atom stereocenters. The number of H-pyrrole nitrogens is 1. The molecule has 1 unspecified atom stereocenters. The van der Waals surface area contributed by atoms with Crippen molar-refractivity contribution in [3.05, 3.63) is 69.5 Å². The predicted molar refractivity (Wildman–Crippen MR) is 97.7 cm³/mol. The van der Waals surface area contributed by atoms with E-state index in [1.165, 1.54) is 5.56 Å². The number of ether oxygens (including phenoxy) is 2. The van der Waals surface area contributed by atoms with Gasteiger partial charge in [0.05, 0.1) is 20.3 Å². The van der Waals surface area contributed by atoms with Crippen molar-refractivity contribution in [2.24, 2.45) is 0 Å². The minimum Gasteiger partial charge on any atom is -0.493 e. The smallest absolute Gasteiger partial charge is 0.194 e. The van der Waals surface area contributed by atoms with Crippen LogP contribution in [0.5, 0.6) is 11.5 Å². The fourth-order valence-corrected chi connectivity index (χ4v) is 3.56. The Labute approximate surface area is 145 Å². The lowest BCUT2D eigenvalue weighted by atomic mass is 9.89. The fourth-order valence-electron chi connectivity index (χ4n) is 3.56. The number of benzene rings is 2. The summed E-state index contributed by atoms with van der Waals surface area (Å²) in [5, 5.41) is 4.17. The van der Waals surface area contributed by atoms with Gasteiger partial charge in [0.15, 0.2) is 16.9 Å². The van der Waals surface area contributed by atoms with E-state index < -0.39 is 0 Å². The van der Waals surface area contributed by atoms with Crippen LogP contribution in [0, 0.1) is 0 Å². The molecule has 1 aliphatic rings. The molecule has 5 heteroatoms. The van der Waals surface area contributed by atoms with Gasteiger partial charge in [-0.3, -0.25) is 4.79 Å². The number of rotatable bonds is 3. The first kappa shape index (κ1) is 15.7. The molecule has 2 heterocycles. The Balaban J connectivity index is 1.89. The van der Waals surface area contributed by atoms with Crippen molar-refractivity contribution in [3.8, 4) is 11.5 Å².